The third-order valence-electron chi connectivity index (χ3n) is 4.89. The Morgan fingerprint density at radius 2 is 1.91 bits per heavy atom. The van der Waals surface area contributed by atoms with Gasteiger partial charge in [0.15, 0.2) is 17.3 Å². The van der Waals surface area contributed by atoms with Gasteiger partial charge in [0.1, 0.15) is 17.1 Å². The standard InChI is InChI=1S/C25H17ClF2N4O3/c26-19(14-29)23-22(4-1-11-30-23)35-21-10-7-16(13-20(21)28)31-24(33)18-3-2-12-32(25(18)34)17-8-5-15(27)6-9-17/h1-14,29-30H,(H,31,33)/b23-19+,29-14?. The number of ether oxygens (including phenoxy) is 1. The second-order valence-corrected chi connectivity index (χ2v) is 7.58. The van der Waals surface area contributed by atoms with Gasteiger partial charge in [-0.05, 0) is 60.7 Å². The van der Waals surface area contributed by atoms with Crippen molar-refractivity contribution in [2.45, 2.75) is 0 Å². The number of aromatic nitrogens is 1. The van der Waals surface area contributed by atoms with E-state index in [4.69, 9.17) is 21.7 Å². The summed E-state index contributed by atoms with van der Waals surface area (Å²) in [4.78, 5) is 25.5. The van der Waals surface area contributed by atoms with Crippen LogP contribution in [0, 0.1) is 17.0 Å². The van der Waals surface area contributed by atoms with Crippen LogP contribution < -0.4 is 20.9 Å². The number of nitrogens with one attached hydrogen (secondary N) is 3. The maximum atomic E-state index is 14.7. The molecule has 0 bridgehead atoms. The molecule has 1 aliphatic rings. The van der Waals surface area contributed by atoms with Gasteiger partial charge < -0.3 is 20.8 Å². The summed E-state index contributed by atoms with van der Waals surface area (Å²) in [5.41, 5.74) is -0.0256. The SMILES string of the molecule is N=C/C(Cl)=C1\NC=CC=C1Oc1ccc(NC(=O)c2cccn(-c3ccc(F)cc3)c2=O)cc1F. The molecule has 1 amide bonds. The minimum absolute atomic E-state index is 0.0686. The van der Waals surface area contributed by atoms with Crippen LogP contribution in [-0.4, -0.2) is 16.7 Å². The number of halogens is 3. The largest absolute Gasteiger partial charge is 0.452 e. The summed E-state index contributed by atoms with van der Waals surface area (Å²) in [5, 5.41) is 12.7. The number of hydrogen-bond acceptors (Lipinski definition) is 5. The molecule has 0 saturated carbocycles. The summed E-state index contributed by atoms with van der Waals surface area (Å²) in [5.74, 6) is -1.92. The van der Waals surface area contributed by atoms with Crippen molar-refractivity contribution in [1.29, 1.82) is 5.41 Å². The summed E-state index contributed by atoms with van der Waals surface area (Å²) in [6.45, 7) is 0. The van der Waals surface area contributed by atoms with Crippen molar-refractivity contribution < 1.29 is 18.3 Å². The smallest absolute Gasteiger partial charge is 0.267 e. The van der Waals surface area contributed by atoms with E-state index in [-0.39, 0.29) is 27.8 Å². The van der Waals surface area contributed by atoms with Crippen LogP contribution in [0.5, 0.6) is 5.75 Å². The lowest BCUT2D eigenvalue weighted by atomic mass is 10.2. The number of benzene rings is 2. The van der Waals surface area contributed by atoms with Crippen LogP contribution in [0.25, 0.3) is 5.69 Å². The molecule has 0 radical (unpaired) electrons. The number of allylic oxidation sites excluding steroid dienone is 3. The van der Waals surface area contributed by atoms with Crippen LogP contribution in [0.4, 0.5) is 14.5 Å². The fourth-order valence-electron chi connectivity index (χ4n) is 3.22. The zero-order valence-corrected chi connectivity index (χ0v) is 18.6. The van der Waals surface area contributed by atoms with Crippen LogP contribution >= 0.6 is 11.6 Å². The first-order chi connectivity index (χ1) is 16.9. The number of anilines is 1. The zero-order valence-electron chi connectivity index (χ0n) is 17.9. The quantitative estimate of drug-likeness (QED) is 0.427. The molecule has 10 heteroatoms. The van der Waals surface area contributed by atoms with Crippen LogP contribution in [0.15, 0.2) is 100 Å². The first-order valence-electron chi connectivity index (χ1n) is 10.2. The van der Waals surface area contributed by atoms with E-state index in [0.717, 1.165) is 12.3 Å². The van der Waals surface area contributed by atoms with Gasteiger partial charge in [-0.15, -0.1) is 0 Å². The van der Waals surface area contributed by atoms with Gasteiger partial charge in [-0.25, -0.2) is 8.78 Å². The number of pyridine rings is 1. The highest BCUT2D eigenvalue weighted by Gasteiger charge is 2.17. The van der Waals surface area contributed by atoms with Gasteiger partial charge in [-0.1, -0.05) is 11.6 Å². The van der Waals surface area contributed by atoms with Crippen molar-refractivity contribution in [3.8, 4) is 11.4 Å². The Morgan fingerprint density at radius 1 is 1.14 bits per heavy atom. The predicted molar refractivity (Wildman–Crippen MR) is 129 cm³/mol. The van der Waals surface area contributed by atoms with Gasteiger partial charge in [-0.3, -0.25) is 14.2 Å². The topological polar surface area (TPSA) is 96.2 Å². The Bertz CT molecular complexity index is 1460. The maximum absolute atomic E-state index is 14.7. The van der Waals surface area contributed by atoms with Gasteiger partial charge >= 0.3 is 0 Å². The molecule has 2 heterocycles. The Kier molecular flexibility index (Phi) is 6.88. The summed E-state index contributed by atoms with van der Waals surface area (Å²) < 4.78 is 34.7. The molecule has 1 aromatic heterocycles. The number of carbonyl (C=O) groups excluding carboxylic acids is 1. The van der Waals surface area contributed by atoms with E-state index >= 15 is 0 Å². The molecule has 0 atom stereocenters. The lowest BCUT2D eigenvalue weighted by Gasteiger charge is -2.17. The third kappa shape index (κ3) is 5.20. The highest BCUT2D eigenvalue weighted by atomic mass is 35.5. The summed E-state index contributed by atoms with van der Waals surface area (Å²) in [6.07, 6.45) is 7.13. The van der Waals surface area contributed by atoms with Crippen LogP contribution in [0.1, 0.15) is 10.4 Å². The molecule has 4 rings (SSSR count). The molecule has 0 unspecified atom stereocenters. The van der Waals surface area contributed by atoms with E-state index < -0.39 is 23.1 Å². The second-order valence-electron chi connectivity index (χ2n) is 7.18. The number of amides is 1. The van der Waals surface area contributed by atoms with Gasteiger partial charge in [-0.2, -0.15) is 0 Å². The van der Waals surface area contributed by atoms with Gasteiger partial charge in [0, 0.05) is 36.1 Å². The molecular weight excluding hydrogens is 478 g/mol. The highest BCUT2D eigenvalue weighted by Crippen LogP contribution is 2.27. The molecule has 0 spiro atoms. The second kappa shape index (κ2) is 10.2. The zero-order chi connectivity index (χ0) is 24.9. The minimum Gasteiger partial charge on any atom is -0.452 e. The number of hydrogen-bond donors (Lipinski definition) is 3. The van der Waals surface area contributed by atoms with Crippen molar-refractivity contribution in [1.82, 2.24) is 9.88 Å². The molecule has 1 aliphatic heterocycles. The van der Waals surface area contributed by atoms with E-state index in [1.54, 1.807) is 18.4 Å². The van der Waals surface area contributed by atoms with Gasteiger partial charge in [0.25, 0.3) is 11.5 Å². The van der Waals surface area contributed by atoms with Crippen molar-refractivity contribution in [2.24, 2.45) is 0 Å². The molecule has 0 fully saturated rings. The molecule has 7 nitrogen and oxygen atoms in total. The van der Waals surface area contributed by atoms with E-state index in [2.05, 4.69) is 10.6 Å². The lowest BCUT2D eigenvalue weighted by molar-refractivity contribution is 0.102. The van der Waals surface area contributed by atoms with E-state index in [0.29, 0.717) is 11.4 Å². The number of carbonyl (C=O) groups is 1. The Hall–Kier alpha value is -4.50. The molecule has 0 saturated heterocycles. The molecular formula is C25H17ClF2N4O3. The summed E-state index contributed by atoms with van der Waals surface area (Å²) in [6, 6.07) is 11.8. The van der Waals surface area contributed by atoms with Gasteiger partial charge in [0.2, 0.25) is 0 Å². The van der Waals surface area contributed by atoms with Crippen molar-refractivity contribution in [2.75, 3.05) is 5.32 Å². The fourth-order valence-corrected chi connectivity index (χ4v) is 3.36. The number of rotatable bonds is 6. The number of nitrogens with zero attached hydrogens (tertiary/aromatic N) is 1. The van der Waals surface area contributed by atoms with Crippen molar-refractivity contribution >= 4 is 29.4 Å². The summed E-state index contributed by atoms with van der Waals surface area (Å²) >= 11 is 5.99. The first kappa shape index (κ1) is 23.7. The fraction of sp³-hybridized carbons (Fsp3) is 0. The molecule has 0 aliphatic carbocycles. The van der Waals surface area contributed by atoms with Crippen molar-refractivity contribution in [3.63, 3.8) is 0 Å². The van der Waals surface area contributed by atoms with Gasteiger partial charge in [0.05, 0.1) is 5.03 Å². The highest BCUT2D eigenvalue weighted by molar-refractivity contribution is 6.39. The van der Waals surface area contributed by atoms with Crippen LogP contribution in [0.2, 0.25) is 0 Å². The van der Waals surface area contributed by atoms with Crippen LogP contribution in [0.3, 0.4) is 0 Å². The molecule has 3 N–H and O–H groups in total. The lowest BCUT2D eigenvalue weighted by Crippen LogP contribution is -2.27. The average molecular weight is 495 g/mol. The Morgan fingerprint density at radius 3 is 2.63 bits per heavy atom. The van der Waals surface area contributed by atoms with E-state index in [1.165, 1.54) is 59.3 Å². The monoisotopic (exact) mass is 494 g/mol. The predicted octanol–water partition coefficient (Wildman–Crippen LogP) is 4.85. The Balaban J connectivity index is 1.54. The molecule has 35 heavy (non-hydrogen) atoms. The maximum Gasteiger partial charge on any atom is 0.267 e. The molecule has 3 aromatic rings. The molecule has 176 valence electrons. The number of dihydropyridines is 1. The van der Waals surface area contributed by atoms with E-state index in [9.17, 15) is 18.4 Å². The first-order valence-corrected chi connectivity index (χ1v) is 10.6. The Labute approximate surface area is 203 Å². The summed E-state index contributed by atoms with van der Waals surface area (Å²) in [7, 11) is 0. The normalized spacial score (nSPS) is 14.0. The van der Waals surface area contributed by atoms with Crippen molar-refractivity contribution in [3.05, 3.63) is 123 Å². The van der Waals surface area contributed by atoms with E-state index in [1.807, 2.05) is 0 Å². The molecule has 2 aromatic carbocycles. The minimum atomic E-state index is -0.777. The van der Waals surface area contributed by atoms with Crippen LogP contribution in [-0.2, 0) is 0 Å². The average Bonchev–Trinajstić information content (AvgIpc) is 2.86. The third-order valence-corrected chi connectivity index (χ3v) is 5.19.